The van der Waals surface area contributed by atoms with Gasteiger partial charge in [0.25, 0.3) is 11.5 Å². The van der Waals surface area contributed by atoms with Crippen LogP contribution in [0.3, 0.4) is 0 Å². The van der Waals surface area contributed by atoms with Crippen molar-refractivity contribution >= 4 is 39.0 Å². The SMILES string of the molecule is N#Cc1c(NC(=O)COC(=O)c2nn(-c3ccccc3)c(=O)c3ccccc23)sc2c1CCC2. The van der Waals surface area contributed by atoms with E-state index in [1.807, 2.05) is 6.07 Å². The molecule has 2 heterocycles. The number of nitrogens with one attached hydrogen (secondary N) is 1. The largest absolute Gasteiger partial charge is 0.451 e. The molecule has 2 aromatic heterocycles. The fourth-order valence-electron chi connectivity index (χ4n) is 4.06. The summed E-state index contributed by atoms with van der Waals surface area (Å²) in [6.45, 7) is -0.549. The number of carbonyl (C=O) groups is 2. The molecule has 9 heteroatoms. The summed E-state index contributed by atoms with van der Waals surface area (Å²) in [4.78, 5) is 39.5. The quantitative estimate of drug-likeness (QED) is 0.446. The Morgan fingerprint density at radius 2 is 1.82 bits per heavy atom. The van der Waals surface area contributed by atoms with Crippen molar-refractivity contribution < 1.29 is 14.3 Å². The highest BCUT2D eigenvalue weighted by Crippen LogP contribution is 2.38. The molecular formula is C25H18N4O4S. The highest BCUT2D eigenvalue weighted by molar-refractivity contribution is 7.16. The van der Waals surface area contributed by atoms with Crippen LogP contribution in [0.5, 0.6) is 0 Å². The van der Waals surface area contributed by atoms with Crippen LogP contribution in [0.2, 0.25) is 0 Å². The van der Waals surface area contributed by atoms with E-state index in [4.69, 9.17) is 4.74 Å². The molecule has 0 saturated carbocycles. The molecular weight excluding hydrogens is 452 g/mol. The highest BCUT2D eigenvalue weighted by atomic mass is 32.1. The van der Waals surface area contributed by atoms with Crippen LogP contribution in [-0.2, 0) is 22.4 Å². The Labute approximate surface area is 198 Å². The molecule has 0 atom stereocenters. The first-order valence-corrected chi connectivity index (χ1v) is 11.5. The summed E-state index contributed by atoms with van der Waals surface area (Å²) in [7, 11) is 0. The highest BCUT2D eigenvalue weighted by Gasteiger charge is 2.24. The molecule has 0 bridgehead atoms. The first-order chi connectivity index (χ1) is 16.6. The zero-order valence-electron chi connectivity index (χ0n) is 17.9. The van der Waals surface area contributed by atoms with Gasteiger partial charge in [0.2, 0.25) is 0 Å². The predicted octanol–water partition coefficient (Wildman–Crippen LogP) is 3.60. The number of nitrogens with zero attached hydrogens (tertiary/aromatic N) is 3. The normalized spacial score (nSPS) is 12.2. The number of fused-ring (bicyclic) bond motifs is 2. The van der Waals surface area contributed by atoms with Gasteiger partial charge < -0.3 is 10.1 Å². The minimum absolute atomic E-state index is 0.0698. The Balaban J connectivity index is 1.39. The van der Waals surface area contributed by atoms with E-state index in [0.29, 0.717) is 27.0 Å². The second-order valence-corrected chi connectivity index (χ2v) is 8.85. The number of rotatable bonds is 5. The molecule has 4 aromatic rings. The monoisotopic (exact) mass is 470 g/mol. The Morgan fingerprint density at radius 1 is 1.09 bits per heavy atom. The van der Waals surface area contributed by atoms with E-state index in [9.17, 15) is 19.6 Å². The van der Waals surface area contributed by atoms with Crippen molar-refractivity contribution in [2.75, 3.05) is 11.9 Å². The number of amides is 1. The smallest absolute Gasteiger partial charge is 0.359 e. The lowest BCUT2D eigenvalue weighted by Crippen LogP contribution is -2.26. The van der Waals surface area contributed by atoms with Crippen LogP contribution in [0.15, 0.2) is 59.4 Å². The zero-order chi connectivity index (χ0) is 23.7. The van der Waals surface area contributed by atoms with E-state index in [1.165, 1.54) is 11.3 Å². The molecule has 1 aliphatic carbocycles. The summed E-state index contributed by atoms with van der Waals surface area (Å²) in [5.74, 6) is -1.38. The Morgan fingerprint density at radius 3 is 2.59 bits per heavy atom. The minimum atomic E-state index is -0.829. The third kappa shape index (κ3) is 3.84. The Hall–Kier alpha value is -4.29. The average molecular weight is 471 g/mol. The third-order valence-electron chi connectivity index (χ3n) is 5.62. The fraction of sp³-hybridized carbons (Fsp3) is 0.160. The predicted molar refractivity (Wildman–Crippen MR) is 127 cm³/mol. The molecule has 0 radical (unpaired) electrons. The number of benzene rings is 2. The summed E-state index contributed by atoms with van der Waals surface area (Å²) in [5, 5.41) is 17.5. The maximum atomic E-state index is 13.0. The Kier molecular flexibility index (Phi) is 5.65. The first kappa shape index (κ1) is 21.6. The maximum absolute atomic E-state index is 13.0. The number of carbonyl (C=O) groups excluding carboxylic acids is 2. The summed E-state index contributed by atoms with van der Waals surface area (Å²) >= 11 is 1.39. The van der Waals surface area contributed by atoms with E-state index in [-0.39, 0.29) is 11.3 Å². The first-order valence-electron chi connectivity index (χ1n) is 10.7. The van der Waals surface area contributed by atoms with Crippen LogP contribution in [0, 0.1) is 11.3 Å². The summed E-state index contributed by atoms with van der Waals surface area (Å²) in [5.41, 5.74) is 1.55. The Bertz CT molecular complexity index is 1530. The van der Waals surface area contributed by atoms with Gasteiger partial charge in [-0.1, -0.05) is 36.4 Å². The molecule has 1 N–H and O–H groups in total. The minimum Gasteiger partial charge on any atom is -0.451 e. The number of anilines is 1. The van der Waals surface area contributed by atoms with Crippen molar-refractivity contribution in [1.29, 1.82) is 5.26 Å². The van der Waals surface area contributed by atoms with Gasteiger partial charge in [0.05, 0.1) is 16.6 Å². The van der Waals surface area contributed by atoms with Gasteiger partial charge in [0.1, 0.15) is 11.1 Å². The van der Waals surface area contributed by atoms with Crippen LogP contribution >= 0.6 is 11.3 Å². The fourth-order valence-corrected chi connectivity index (χ4v) is 5.31. The molecule has 5 rings (SSSR count). The number of ether oxygens (including phenoxy) is 1. The number of aromatic nitrogens is 2. The van der Waals surface area contributed by atoms with E-state index < -0.39 is 18.5 Å². The summed E-state index contributed by atoms with van der Waals surface area (Å²) in [6.07, 6.45) is 2.73. The van der Waals surface area contributed by atoms with Gasteiger partial charge in [0, 0.05) is 10.3 Å². The number of aryl methyl sites for hydroxylation is 1. The van der Waals surface area contributed by atoms with Gasteiger partial charge in [-0.25, -0.2) is 4.79 Å². The third-order valence-corrected chi connectivity index (χ3v) is 6.83. The summed E-state index contributed by atoms with van der Waals surface area (Å²) < 4.78 is 6.39. The van der Waals surface area contributed by atoms with Gasteiger partial charge in [-0.3, -0.25) is 9.59 Å². The van der Waals surface area contributed by atoms with E-state index in [1.54, 1.807) is 48.5 Å². The molecule has 1 aliphatic rings. The number of esters is 1. The average Bonchev–Trinajstić information content (AvgIpc) is 3.44. The lowest BCUT2D eigenvalue weighted by molar-refractivity contribution is -0.119. The molecule has 0 fully saturated rings. The van der Waals surface area contributed by atoms with Crippen LogP contribution in [0.25, 0.3) is 16.5 Å². The van der Waals surface area contributed by atoms with E-state index >= 15 is 0 Å². The molecule has 0 saturated heterocycles. The second-order valence-electron chi connectivity index (χ2n) is 7.74. The van der Waals surface area contributed by atoms with Crippen LogP contribution in [0.1, 0.15) is 32.9 Å². The van der Waals surface area contributed by atoms with Crippen molar-refractivity contribution in [3.8, 4) is 11.8 Å². The van der Waals surface area contributed by atoms with E-state index in [2.05, 4.69) is 16.5 Å². The number of hydrogen-bond acceptors (Lipinski definition) is 7. The number of nitriles is 1. The zero-order valence-corrected chi connectivity index (χ0v) is 18.7. The molecule has 0 spiro atoms. The lowest BCUT2D eigenvalue weighted by Gasteiger charge is -2.11. The molecule has 0 unspecified atom stereocenters. The van der Waals surface area contributed by atoms with Crippen molar-refractivity contribution in [1.82, 2.24) is 9.78 Å². The number of hydrogen-bond donors (Lipinski definition) is 1. The van der Waals surface area contributed by atoms with Gasteiger partial charge in [-0.15, -0.1) is 11.3 Å². The standard InChI is InChI=1S/C25H18N4O4S/c26-13-19-16-11-6-12-20(16)34-23(19)27-21(30)14-33-25(32)22-17-9-4-5-10-18(17)24(31)29(28-22)15-7-2-1-3-8-15/h1-5,7-10H,6,11-12,14H2,(H,27,30). The van der Waals surface area contributed by atoms with E-state index in [0.717, 1.165) is 34.4 Å². The second kappa shape index (κ2) is 8.92. The number of thiophene rings is 1. The molecule has 168 valence electrons. The van der Waals surface area contributed by atoms with Crippen LogP contribution < -0.4 is 10.9 Å². The van der Waals surface area contributed by atoms with Gasteiger partial charge in [-0.05, 0) is 43.0 Å². The molecule has 34 heavy (non-hydrogen) atoms. The van der Waals surface area contributed by atoms with Gasteiger partial charge in [0.15, 0.2) is 12.3 Å². The van der Waals surface area contributed by atoms with Crippen molar-refractivity contribution in [3.63, 3.8) is 0 Å². The van der Waals surface area contributed by atoms with Crippen molar-refractivity contribution in [2.24, 2.45) is 0 Å². The lowest BCUT2D eigenvalue weighted by atomic mass is 10.1. The van der Waals surface area contributed by atoms with Crippen LogP contribution in [0.4, 0.5) is 5.00 Å². The molecule has 0 aliphatic heterocycles. The van der Waals surface area contributed by atoms with Crippen molar-refractivity contribution in [3.05, 3.63) is 86.6 Å². The van der Waals surface area contributed by atoms with Gasteiger partial charge >= 0.3 is 5.97 Å². The topological polar surface area (TPSA) is 114 Å². The maximum Gasteiger partial charge on any atom is 0.359 e. The molecule has 1 amide bonds. The van der Waals surface area contributed by atoms with Crippen molar-refractivity contribution in [2.45, 2.75) is 19.3 Å². The number of para-hydroxylation sites is 1. The molecule has 8 nitrogen and oxygen atoms in total. The van der Waals surface area contributed by atoms with Crippen LogP contribution in [-0.4, -0.2) is 28.3 Å². The van der Waals surface area contributed by atoms with Gasteiger partial charge in [-0.2, -0.15) is 15.0 Å². The molecule has 2 aromatic carbocycles. The summed E-state index contributed by atoms with van der Waals surface area (Å²) in [6, 6.07) is 17.5.